The predicted molar refractivity (Wildman–Crippen MR) is 71.3 cm³/mol. The second-order valence-electron chi connectivity index (χ2n) is 5.83. The maximum absolute atomic E-state index is 12.0. The average Bonchev–Trinajstić information content (AvgIpc) is 2.41. The number of carbonyl (C=O) groups is 1. The molecule has 4 heteroatoms. The summed E-state index contributed by atoms with van der Waals surface area (Å²) in [4.78, 5) is 16.3. The number of carbonyl (C=O) groups excluding carboxylic acids is 1. The summed E-state index contributed by atoms with van der Waals surface area (Å²) < 4.78 is 0. The van der Waals surface area contributed by atoms with Crippen molar-refractivity contribution in [3.63, 3.8) is 0 Å². The minimum atomic E-state index is -0.219. The van der Waals surface area contributed by atoms with E-state index in [0.717, 1.165) is 52.0 Å². The number of amides is 1. The molecule has 0 aliphatic carbocycles. The molecule has 4 nitrogen and oxygen atoms in total. The van der Waals surface area contributed by atoms with Crippen LogP contribution in [0.3, 0.4) is 0 Å². The van der Waals surface area contributed by atoms with Gasteiger partial charge in [0.1, 0.15) is 0 Å². The van der Waals surface area contributed by atoms with Gasteiger partial charge in [0, 0.05) is 32.6 Å². The van der Waals surface area contributed by atoms with Crippen LogP contribution in [0, 0.1) is 5.92 Å². The van der Waals surface area contributed by atoms with Crippen LogP contribution in [0.1, 0.15) is 39.0 Å². The Balaban J connectivity index is 1.69. The lowest BCUT2D eigenvalue weighted by Gasteiger charge is -2.34. The van der Waals surface area contributed by atoms with E-state index in [1.807, 2.05) is 4.90 Å². The van der Waals surface area contributed by atoms with Crippen LogP contribution in [0.15, 0.2) is 0 Å². The van der Waals surface area contributed by atoms with Crippen LogP contribution >= 0.6 is 0 Å². The minimum Gasteiger partial charge on any atom is -0.392 e. The van der Waals surface area contributed by atoms with Gasteiger partial charge in [0.15, 0.2) is 0 Å². The molecular weight excluding hydrogens is 228 g/mol. The highest BCUT2D eigenvalue weighted by Crippen LogP contribution is 2.17. The second-order valence-corrected chi connectivity index (χ2v) is 5.83. The first-order chi connectivity index (χ1) is 8.66. The summed E-state index contributed by atoms with van der Waals surface area (Å²) in [7, 11) is 0. The SMILES string of the molecule is CC1CCN(CCC(=O)N2CCCCC2)CC1O. The first-order valence-electron chi connectivity index (χ1n) is 7.35. The van der Waals surface area contributed by atoms with Gasteiger partial charge < -0.3 is 14.9 Å². The third kappa shape index (κ3) is 3.69. The van der Waals surface area contributed by atoms with Gasteiger partial charge in [0.05, 0.1) is 6.10 Å². The number of aliphatic hydroxyl groups is 1. The normalized spacial score (nSPS) is 30.4. The Hall–Kier alpha value is -0.610. The molecular formula is C14H26N2O2. The number of β-amino-alcohol motifs (C(OH)–C–C–N with tert-alkyl or cyclic N) is 1. The van der Waals surface area contributed by atoms with Gasteiger partial charge in [-0.15, -0.1) is 0 Å². The first-order valence-corrected chi connectivity index (χ1v) is 7.35. The number of hydrogen-bond acceptors (Lipinski definition) is 3. The molecule has 2 aliphatic heterocycles. The molecule has 2 unspecified atom stereocenters. The number of aliphatic hydroxyl groups excluding tert-OH is 1. The molecule has 18 heavy (non-hydrogen) atoms. The van der Waals surface area contributed by atoms with E-state index in [1.54, 1.807) is 0 Å². The first kappa shape index (κ1) is 13.8. The third-order valence-corrected chi connectivity index (χ3v) is 4.35. The van der Waals surface area contributed by atoms with Crippen LogP contribution in [0.5, 0.6) is 0 Å². The fourth-order valence-corrected chi connectivity index (χ4v) is 2.87. The van der Waals surface area contributed by atoms with E-state index >= 15 is 0 Å². The Morgan fingerprint density at radius 3 is 2.61 bits per heavy atom. The molecule has 0 radical (unpaired) electrons. The molecule has 2 atom stereocenters. The zero-order valence-electron chi connectivity index (χ0n) is 11.5. The highest BCUT2D eigenvalue weighted by atomic mass is 16.3. The lowest BCUT2D eigenvalue weighted by Crippen LogP contribution is -2.44. The van der Waals surface area contributed by atoms with E-state index in [1.165, 1.54) is 6.42 Å². The zero-order valence-corrected chi connectivity index (χ0v) is 11.5. The second kappa shape index (κ2) is 6.53. The molecule has 1 amide bonds. The molecule has 0 spiro atoms. The van der Waals surface area contributed by atoms with Crippen LogP contribution in [-0.2, 0) is 4.79 Å². The lowest BCUT2D eigenvalue weighted by atomic mass is 9.96. The molecule has 104 valence electrons. The summed E-state index contributed by atoms with van der Waals surface area (Å²) in [6, 6.07) is 0. The van der Waals surface area contributed by atoms with Crippen molar-refractivity contribution in [2.24, 2.45) is 5.92 Å². The molecule has 2 heterocycles. The Labute approximate surface area is 110 Å². The van der Waals surface area contributed by atoms with Crippen LogP contribution in [-0.4, -0.2) is 59.6 Å². The number of hydrogen-bond donors (Lipinski definition) is 1. The zero-order chi connectivity index (χ0) is 13.0. The fourth-order valence-electron chi connectivity index (χ4n) is 2.87. The van der Waals surface area contributed by atoms with Crippen LogP contribution in [0.2, 0.25) is 0 Å². The molecule has 0 aromatic heterocycles. The van der Waals surface area contributed by atoms with E-state index in [4.69, 9.17) is 0 Å². The summed E-state index contributed by atoms with van der Waals surface area (Å²) in [5.74, 6) is 0.696. The Morgan fingerprint density at radius 1 is 1.22 bits per heavy atom. The van der Waals surface area contributed by atoms with E-state index < -0.39 is 0 Å². The maximum Gasteiger partial charge on any atom is 0.223 e. The molecule has 1 N–H and O–H groups in total. The van der Waals surface area contributed by atoms with Crippen molar-refractivity contribution in [3.05, 3.63) is 0 Å². The summed E-state index contributed by atoms with van der Waals surface area (Å²) in [5.41, 5.74) is 0. The van der Waals surface area contributed by atoms with Gasteiger partial charge in [0.2, 0.25) is 5.91 Å². The standard InChI is InChI=1S/C14H26N2O2/c1-12-5-9-15(11-13(12)17)10-6-14(18)16-7-3-2-4-8-16/h12-13,17H,2-11H2,1H3. The van der Waals surface area contributed by atoms with Gasteiger partial charge in [0.25, 0.3) is 0 Å². The molecule has 2 fully saturated rings. The van der Waals surface area contributed by atoms with Crippen molar-refractivity contribution in [2.75, 3.05) is 32.7 Å². The molecule has 0 bridgehead atoms. The van der Waals surface area contributed by atoms with Gasteiger partial charge in [-0.1, -0.05) is 6.92 Å². The highest BCUT2D eigenvalue weighted by Gasteiger charge is 2.25. The highest BCUT2D eigenvalue weighted by molar-refractivity contribution is 5.76. The van der Waals surface area contributed by atoms with Crippen LogP contribution < -0.4 is 0 Å². The van der Waals surface area contributed by atoms with Gasteiger partial charge in [-0.05, 0) is 38.1 Å². The minimum absolute atomic E-state index is 0.219. The quantitative estimate of drug-likeness (QED) is 0.820. The summed E-state index contributed by atoms with van der Waals surface area (Å²) in [5, 5.41) is 9.83. The number of rotatable bonds is 3. The molecule has 0 aromatic rings. The summed E-state index contributed by atoms with van der Waals surface area (Å²) in [6.45, 7) is 6.54. The maximum atomic E-state index is 12.0. The smallest absolute Gasteiger partial charge is 0.223 e. The van der Waals surface area contributed by atoms with E-state index in [0.29, 0.717) is 18.2 Å². The molecule has 2 saturated heterocycles. The Bertz CT molecular complexity index is 277. The van der Waals surface area contributed by atoms with Crippen molar-refractivity contribution < 1.29 is 9.90 Å². The largest absolute Gasteiger partial charge is 0.392 e. The van der Waals surface area contributed by atoms with Crippen molar-refractivity contribution in [1.29, 1.82) is 0 Å². The van der Waals surface area contributed by atoms with E-state index in [9.17, 15) is 9.90 Å². The number of likely N-dealkylation sites (tertiary alicyclic amines) is 2. The monoisotopic (exact) mass is 254 g/mol. The van der Waals surface area contributed by atoms with Gasteiger partial charge >= 0.3 is 0 Å². The number of piperidine rings is 2. The molecule has 2 aliphatic rings. The average molecular weight is 254 g/mol. The van der Waals surface area contributed by atoms with Crippen molar-refractivity contribution in [2.45, 2.75) is 45.1 Å². The number of nitrogens with zero attached hydrogens (tertiary/aromatic N) is 2. The Morgan fingerprint density at radius 2 is 1.94 bits per heavy atom. The van der Waals surface area contributed by atoms with Crippen LogP contribution in [0.25, 0.3) is 0 Å². The van der Waals surface area contributed by atoms with Crippen molar-refractivity contribution in [3.8, 4) is 0 Å². The summed E-state index contributed by atoms with van der Waals surface area (Å²) >= 11 is 0. The molecule has 0 saturated carbocycles. The topological polar surface area (TPSA) is 43.8 Å². The van der Waals surface area contributed by atoms with Gasteiger partial charge in [-0.2, -0.15) is 0 Å². The summed E-state index contributed by atoms with van der Waals surface area (Å²) in [6.07, 6.45) is 5.01. The molecule has 2 rings (SSSR count). The van der Waals surface area contributed by atoms with Gasteiger partial charge in [-0.25, -0.2) is 0 Å². The van der Waals surface area contributed by atoms with Crippen molar-refractivity contribution >= 4 is 5.91 Å². The van der Waals surface area contributed by atoms with Crippen molar-refractivity contribution in [1.82, 2.24) is 9.80 Å². The van der Waals surface area contributed by atoms with Crippen LogP contribution in [0.4, 0.5) is 0 Å². The van der Waals surface area contributed by atoms with Gasteiger partial charge in [-0.3, -0.25) is 4.79 Å². The third-order valence-electron chi connectivity index (χ3n) is 4.35. The lowest BCUT2D eigenvalue weighted by molar-refractivity contribution is -0.132. The Kier molecular flexibility index (Phi) is 5.01. The predicted octanol–water partition coefficient (Wildman–Crippen LogP) is 1.09. The van der Waals surface area contributed by atoms with E-state index in [2.05, 4.69) is 11.8 Å². The fraction of sp³-hybridized carbons (Fsp3) is 0.929. The molecule has 0 aromatic carbocycles. The van der Waals surface area contributed by atoms with E-state index in [-0.39, 0.29) is 6.10 Å².